The van der Waals surface area contributed by atoms with Crippen LogP contribution in [0.25, 0.3) is 11.0 Å². The summed E-state index contributed by atoms with van der Waals surface area (Å²) in [7, 11) is 0. The summed E-state index contributed by atoms with van der Waals surface area (Å²) in [4.78, 5) is 12.4. The Bertz CT molecular complexity index is 1020. The van der Waals surface area contributed by atoms with Crippen molar-refractivity contribution in [1.82, 2.24) is 0 Å². The molecule has 0 saturated carbocycles. The zero-order valence-corrected chi connectivity index (χ0v) is 15.4. The summed E-state index contributed by atoms with van der Waals surface area (Å²) in [6.07, 6.45) is 0. The monoisotopic (exact) mass is 413 g/mol. The highest BCUT2D eigenvalue weighted by Crippen LogP contribution is 2.24. The quantitative estimate of drug-likeness (QED) is 0.344. The standard InChI is InChI=1S/C18H16BrN5O2/c1-10(23-24-18(20)21)11-2-5-14(6-3-11)22-17(25)16-9-12-8-13(19)4-7-15(12)26-16/h2-9H,1H3,(H,22,25)(H4,20,21,24)/b23-10-. The van der Waals surface area contributed by atoms with Crippen molar-refractivity contribution in [2.24, 2.45) is 21.7 Å². The summed E-state index contributed by atoms with van der Waals surface area (Å²) < 4.78 is 6.51. The van der Waals surface area contributed by atoms with Crippen molar-refractivity contribution in [2.45, 2.75) is 6.92 Å². The largest absolute Gasteiger partial charge is 0.451 e. The smallest absolute Gasteiger partial charge is 0.291 e. The molecule has 1 amide bonds. The Labute approximate surface area is 157 Å². The van der Waals surface area contributed by atoms with E-state index < -0.39 is 0 Å². The molecule has 0 aliphatic carbocycles. The third-order valence-electron chi connectivity index (χ3n) is 3.58. The molecule has 0 radical (unpaired) electrons. The molecule has 0 aliphatic rings. The summed E-state index contributed by atoms with van der Waals surface area (Å²) >= 11 is 3.40. The zero-order chi connectivity index (χ0) is 18.7. The van der Waals surface area contributed by atoms with E-state index in [1.54, 1.807) is 25.1 Å². The van der Waals surface area contributed by atoms with Crippen LogP contribution in [0.4, 0.5) is 5.69 Å². The van der Waals surface area contributed by atoms with Gasteiger partial charge in [0.05, 0.1) is 5.71 Å². The molecule has 7 nitrogen and oxygen atoms in total. The van der Waals surface area contributed by atoms with E-state index in [0.29, 0.717) is 17.0 Å². The molecule has 0 aliphatic heterocycles. The molecule has 5 N–H and O–H groups in total. The van der Waals surface area contributed by atoms with Gasteiger partial charge in [-0.2, -0.15) is 5.10 Å². The minimum Gasteiger partial charge on any atom is -0.451 e. The van der Waals surface area contributed by atoms with Gasteiger partial charge in [-0.1, -0.05) is 28.1 Å². The number of fused-ring (bicyclic) bond motifs is 1. The van der Waals surface area contributed by atoms with Crippen molar-refractivity contribution in [3.05, 3.63) is 64.3 Å². The van der Waals surface area contributed by atoms with Gasteiger partial charge < -0.3 is 21.2 Å². The number of carbonyl (C=O) groups is 1. The lowest BCUT2D eigenvalue weighted by molar-refractivity contribution is 0.0998. The first-order chi connectivity index (χ1) is 12.4. The highest BCUT2D eigenvalue weighted by Gasteiger charge is 2.13. The molecular weight excluding hydrogens is 398 g/mol. The number of guanidine groups is 1. The van der Waals surface area contributed by atoms with Gasteiger partial charge in [0.2, 0.25) is 5.96 Å². The Morgan fingerprint density at radius 2 is 1.81 bits per heavy atom. The van der Waals surface area contributed by atoms with Crippen molar-refractivity contribution in [2.75, 3.05) is 5.32 Å². The fourth-order valence-electron chi connectivity index (χ4n) is 2.30. The number of amides is 1. The van der Waals surface area contributed by atoms with Crippen molar-refractivity contribution in [1.29, 1.82) is 0 Å². The number of nitrogens with zero attached hydrogens (tertiary/aromatic N) is 2. The SMILES string of the molecule is C/C(=N/N=C(N)N)c1ccc(NC(=O)c2cc3cc(Br)ccc3o2)cc1. The Morgan fingerprint density at radius 3 is 2.50 bits per heavy atom. The van der Waals surface area contributed by atoms with Crippen LogP contribution in [-0.2, 0) is 0 Å². The lowest BCUT2D eigenvalue weighted by Crippen LogP contribution is -2.22. The van der Waals surface area contributed by atoms with E-state index >= 15 is 0 Å². The molecule has 8 heteroatoms. The fourth-order valence-corrected chi connectivity index (χ4v) is 2.68. The second kappa shape index (κ2) is 7.40. The predicted molar refractivity (Wildman–Crippen MR) is 106 cm³/mol. The molecule has 3 rings (SSSR count). The van der Waals surface area contributed by atoms with Crippen molar-refractivity contribution in [3.8, 4) is 0 Å². The number of benzene rings is 2. The summed E-state index contributed by atoms with van der Waals surface area (Å²) in [6.45, 7) is 1.78. The fraction of sp³-hybridized carbons (Fsp3) is 0.0556. The molecule has 0 saturated heterocycles. The predicted octanol–water partition coefficient (Wildman–Crippen LogP) is 3.45. The van der Waals surface area contributed by atoms with Crippen LogP contribution in [0.1, 0.15) is 23.0 Å². The van der Waals surface area contributed by atoms with Gasteiger partial charge in [0.25, 0.3) is 5.91 Å². The molecule has 1 aromatic heterocycles. The first kappa shape index (κ1) is 17.7. The third-order valence-corrected chi connectivity index (χ3v) is 4.07. The van der Waals surface area contributed by atoms with Crippen LogP contribution in [0.2, 0.25) is 0 Å². The van der Waals surface area contributed by atoms with Crippen LogP contribution >= 0.6 is 15.9 Å². The molecule has 132 valence electrons. The van der Waals surface area contributed by atoms with E-state index in [-0.39, 0.29) is 17.6 Å². The Balaban J connectivity index is 1.74. The first-order valence-electron chi connectivity index (χ1n) is 7.66. The zero-order valence-electron chi connectivity index (χ0n) is 13.9. The van der Waals surface area contributed by atoms with Crippen LogP contribution in [-0.4, -0.2) is 17.6 Å². The molecule has 0 fully saturated rings. The molecule has 2 aromatic carbocycles. The number of carbonyl (C=O) groups excluding carboxylic acids is 1. The summed E-state index contributed by atoms with van der Waals surface area (Å²) in [6, 6.07) is 14.4. The molecule has 1 heterocycles. The van der Waals surface area contributed by atoms with Crippen LogP contribution < -0.4 is 16.8 Å². The normalized spacial score (nSPS) is 11.4. The average molecular weight is 414 g/mol. The van der Waals surface area contributed by atoms with Gasteiger partial charge in [-0.05, 0) is 48.9 Å². The molecule has 26 heavy (non-hydrogen) atoms. The number of nitrogens with two attached hydrogens (primary N) is 2. The van der Waals surface area contributed by atoms with Gasteiger partial charge in [0, 0.05) is 15.5 Å². The van der Waals surface area contributed by atoms with E-state index in [9.17, 15) is 4.79 Å². The van der Waals surface area contributed by atoms with Gasteiger partial charge in [-0.15, -0.1) is 5.10 Å². The molecule has 0 bridgehead atoms. The third kappa shape index (κ3) is 4.09. The van der Waals surface area contributed by atoms with Crippen LogP contribution in [0.3, 0.4) is 0 Å². The number of hydrogen-bond acceptors (Lipinski definition) is 4. The number of rotatable bonds is 4. The Hall–Kier alpha value is -3.13. The maximum Gasteiger partial charge on any atom is 0.291 e. The number of anilines is 1. The Kier molecular flexibility index (Phi) is 5.04. The van der Waals surface area contributed by atoms with E-state index in [0.717, 1.165) is 15.4 Å². The maximum absolute atomic E-state index is 12.4. The number of furan rings is 1. The van der Waals surface area contributed by atoms with Gasteiger partial charge in [0.1, 0.15) is 5.58 Å². The second-order valence-corrected chi connectivity index (χ2v) is 6.45. The summed E-state index contributed by atoms with van der Waals surface area (Å²) in [5, 5.41) is 11.2. The number of hydrogen-bond donors (Lipinski definition) is 3. The highest BCUT2D eigenvalue weighted by molar-refractivity contribution is 9.10. The lowest BCUT2D eigenvalue weighted by Gasteiger charge is -2.04. The van der Waals surface area contributed by atoms with Crippen molar-refractivity contribution in [3.63, 3.8) is 0 Å². The minimum absolute atomic E-state index is 0.105. The van der Waals surface area contributed by atoms with E-state index in [1.165, 1.54) is 0 Å². The molecule has 0 spiro atoms. The highest BCUT2D eigenvalue weighted by atomic mass is 79.9. The first-order valence-corrected chi connectivity index (χ1v) is 8.46. The minimum atomic E-state index is -0.323. The molecule has 3 aromatic rings. The maximum atomic E-state index is 12.4. The molecular formula is C18H16BrN5O2. The summed E-state index contributed by atoms with van der Waals surface area (Å²) in [5.74, 6) is -0.185. The molecule has 0 unspecified atom stereocenters. The van der Waals surface area contributed by atoms with E-state index in [4.69, 9.17) is 15.9 Å². The average Bonchev–Trinajstić information content (AvgIpc) is 3.03. The van der Waals surface area contributed by atoms with Gasteiger partial charge in [-0.3, -0.25) is 4.79 Å². The van der Waals surface area contributed by atoms with Gasteiger partial charge in [0.15, 0.2) is 5.76 Å². The van der Waals surface area contributed by atoms with Crippen molar-refractivity contribution < 1.29 is 9.21 Å². The van der Waals surface area contributed by atoms with Gasteiger partial charge >= 0.3 is 0 Å². The van der Waals surface area contributed by atoms with Crippen LogP contribution in [0, 0.1) is 0 Å². The van der Waals surface area contributed by atoms with Crippen LogP contribution in [0.15, 0.2) is 67.6 Å². The molecule has 0 atom stereocenters. The summed E-state index contributed by atoms with van der Waals surface area (Å²) in [5.41, 5.74) is 13.3. The Morgan fingerprint density at radius 1 is 1.08 bits per heavy atom. The van der Waals surface area contributed by atoms with E-state index in [1.807, 2.05) is 30.3 Å². The lowest BCUT2D eigenvalue weighted by atomic mass is 10.1. The number of nitrogens with one attached hydrogen (secondary N) is 1. The number of halogens is 1. The van der Waals surface area contributed by atoms with Crippen LogP contribution in [0.5, 0.6) is 0 Å². The topological polar surface area (TPSA) is 119 Å². The van der Waals surface area contributed by atoms with E-state index in [2.05, 4.69) is 31.4 Å². The van der Waals surface area contributed by atoms with Gasteiger partial charge in [-0.25, -0.2) is 0 Å². The van der Waals surface area contributed by atoms with Crippen molar-refractivity contribution >= 4 is 50.2 Å². The second-order valence-electron chi connectivity index (χ2n) is 5.53.